The van der Waals surface area contributed by atoms with Crippen LogP contribution in [0.1, 0.15) is 81.6 Å². The fraction of sp³-hybridized carbons (Fsp3) is 0.457. The first kappa shape index (κ1) is 29.6. The summed E-state index contributed by atoms with van der Waals surface area (Å²) in [7, 11) is 0. The van der Waals surface area contributed by atoms with Gasteiger partial charge in [0.25, 0.3) is 5.91 Å². The molecule has 38 heavy (non-hydrogen) atoms. The van der Waals surface area contributed by atoms with Crippen LogP contribution < -0.4 is 0 Å². The Morgan fingerprint density at radius 3 is 1.55 bits per heavy atom. The lowest BCUT2D eigenvalue weighted by Crippen LogP contribution is -2.47. The molecule has 3 aromatic rings. The van der Waals surface area contributed by atoms with E-state index in [0.717, 1.165) is 66.7 Å². The van der Waals surface area contributed by atoms with Crippen LogP contribution in [0.4, 0.5) is 0 Å². The predicted molar refractivity (Wildman–Crippen MR) is 162 cm³/mol. The predicted octanol–water partition coefficient (Wildman–Crippen LogP) is 8.02. The molecule has 1 amide bonds. The lowest BCUT2D eigenvalue weighted by molar-refractivity contribution is -0.938. The Morgan fingerprint density at radius 1 is 0.632 bits per heavy atom. The maximum Gasteiger partial charge on any atom is 0.254 e. The van der Waals surface area contributed by atoms with Gasteiger partial charge in [0.2, 0.25) is 0 Å². The smallest absolute Gasteiger partial charge is 0.254 e. The maximum atomic E-state index is 13.8. The van der Waals surface area contributed by atoms with E-state index in [2.05, 4.69) is 103 Å². The maximum absolute atomic E-state index is 13.8. The highest BCUT2D eigenvalue weighted by atomic mass is 16.2. The first-order chi connectivity index (χ1) is 18.0. The zero-order chi connectivity index (χ0) is 27.9. The van der Waals surface area contributed by atoms with Crippen molar-refractivity contribution < 1.29 is 9.28 Å². The third kappa shape index (κ3) is 8.30. The molecule has 0 saturated carbocycles. The number of hydrogen-bond acceptors (Lipinski definition) is 1. The molecule has 0 aliphatic carbocycles. The van der Waals surface area contributed by atoms with Crippen LogP contribution in [0.3, 0.4) is 0 Å². The molecule has 0 aliphatic heterocycles. The average molecular weight is 514 g/mol. The molecule has 0 aliphatic rings. The first-order valence-electron chi connectivity index (χ1n) is 14.4. The molecule has 0 unspecified atom stereocenters. The molecular weight excluding hydrogens is 464 g/mol. The highest BCUT2D eigenvalue weighted by molar-refractivity contribution is 5.94. The molecule has 3 heteroatoms. The zero-order valence-corrected chi connectivity index (χ0v) is 25.2. The van der Waals surface area contributed by atoms with Gasteiger partial charge in [-0.2, -0.15) is 0 Å². The summed E-state index contributed by atoms with van der Waals surface area (Å²) >= 11 is 0. The number of quaternary nitrogens is 1. The summed E-state index contributed by atoms with van der Waals surface area (Å²) in [5, 5.41) is 0. The van der Waals surface area contributed by atoms with E-state index in [1.54, 1.807) is 0 Å². The van der Waals surface area contributed by atoms with Gasteiger partial charge in [-0.25, -0.2) is 0 Å². The second-order valence-electron chi connectivity index (χ2n) is 11.7. The Labute approximate surface area is 232 Å². The largest absolute Gasteiger partial charge is 0.334 e. The second-order valence-corrected chi connectivity index (χ2v) is 11.7. The van der Waals surface area contributed by atoms with E-state index < -0.39 is 0 Å². The Bertz CT molecular complexity index is 1180. The van der Waals surface area contributed by atoms with Crippen molar-refractivity contribution in [3.05, 3.63) is 105 Å². The van der Waals surface area contributed by atoms with Crippen LogP contribution in [0.15, 0.2) is 54.6 Å². The number of carbonyl (C=O) groups excluding carboxylic acids is 1. The minimum atomic E-state index is 0.137. The summed E-state index contributed by atoms with van der Waals surface area (Å²) in [5.41, 5.74) is 10.9. The van der Waals surface area contributed by atoms with Gasteiger partial charge in [0.05, 0.1) is 19.6 Å². The SMILES string of the molecule is CC[N+](CC)(CCCCN(Cc1cc(C)cc(C)c1)C(=O)c1cc(C)cc(C)c1)Cc1cc(C)cc(C)c1. The minimum Gasteiger partial charge on any atom is -0.334 e. The van der Waals surface area contributed by atoms with E-state index in [-0.39, 0.29) is 5.91 Å². The van der Waals surface area contributed by atoms with E-state index in [1.807, 2.05) is 12.1 Å². The number of benzene rings is 3. The van der Waals surface area contributed by atoms with E-state index in [0.29, 0.717) is 6.54 Å². The lowest BCUT2D eigenvalue weighted by Gasteiger charge is -2.37. The van der Waals surface area contributed by atoms with Crippen molar-refractivity contribution in [2.24, 2.45) is 0 Å². The summed E-state index contributed by atoms with van der Waals surface area (Å²) < 4.78 is 1.09. The lowest BCUT2D eigenvalue weighted by atomic mass is 10.0. The summed E-state index contributed by atoms with van der Waals surface area (Å²) in [6, 6.07) is 19.8. The fourth-order valence-corrected chi connectivity index (χ4v) is 6.05. The van der Waals surface area contributed by atoms with Crippen molar-refractivity contribution in [1.29, 1.82) is 0 Å². The second kappa shape index (κ2) is 13.2. The highest BCUT2D eigenvalue weighted by Crippen LogP contribution is 2.20. The van der Waals surface area contributed by atoms with E-state index >= 15 is 0 Å². The molecular formula is C35H49N2O+. The number of amides is 1. The molecule has 0 bridgehead atoms. The van der Waals surface area contributed by atoms with Crippen LogP contribution in [0.5, 0.6) is 0 Å². The summed E-state index contributed by atoms with van der Waals surface area (Å²) in [5.74, 6) is 0.137. The third-order valence-electron chi connectivity index (χ3n) is 7.86. The number of aryl methyl sites for hydroxylation is 6. The van der Waals surface area contributed by atoms with Gasteiger partial charge in [-0.3, -0.25) is 4.79 Å². The molecule has 0 aromatic heterocycles. The molecule has 0 heterocycles. The van der Waals surface area contributed by atoms with Crippen molar-refractivity contribution in [3.8, 4) is 0 Å². The van der Waals surface area contributed by atoms with Gasteiger partial charge in [0.1, 0.15) is 6.54 Å². The number of rotatable bonds is 12. The van der Waals surface area contributed by atoms with Crippen molar-refractivity contribution in [3.63, 3.8) is 0 Å². The molecule has 0 fully saturated rings. The zero-order valence-electron chi connectivity index (χ0n) is 25.2. The van der Waals surface area contributed by atoms with Gasteiger partial charge >= 0.3 is 0 Å². The quantitative estimate of drug-likeness (QED) is 0.177. The van der Waals surface area contributed by atoms with E-state index in [4.69, 9.17) is 0 Å². The van der Waals surface area contributed by atoms with Crippen LogP contribution in [-0.2, 0) is 13.1 Å². The van der Waals surface area contributed by atoms with Gasteiger partial charge in [0, 0.05) is 24.2 Å². The Morgan fingerprint density at radius 2 is 1.08 bits per heavy atom. The van der Waals surface area contributed by atoms with Crippen LogP contribution in [0, 0.1) is 41.5 Å². The molecule has 0 atom stereocenters. The van der Waals surface area contributed by atoms with Crippen LogP contribution in [0.25, 0.3) is 0 Å². The van der Waals surface area contributed by atoms with Crippen molar-refractivity contribution in [1.82, 2.24) is 4.90 Å². The molecule has 204 valence electrons. The van der Waals surface area contributed by atoms with Crippen LogP contribution in [-0.4, -0.2) is 41.5 Å². The van der Waals surface area contributed by atoms with Crippen molar-refractivity contribution in [2.75, 3.05) is 26.2 Å². The molecule has 0 radical (unpaired) electrons. The Hall–Kier alpha value is -2.91. The molecule has 0 spiro atoms. The fourth-order valence-electron chi connectivity index (χ4n) is 6.05. The molecule has 3 rings (SSSR count). The molecule has 3 nitrogen and oxygen atoms in total. The Kier molecular flexibility index (Phi) is 10.3. The highest BCUT2D eigenvalue weighted by Gasteiger charge is 2.24. The van der Waals surface area contributed by atoms with Gasteiger partial charge in [-0.05, 0) is 85.9 Å². The van der Waals surface area contributed by atoms with E-state index in [1.165, 1.54) is 33.4 Å². The topological polar surface area (TPSA) is 20.3 Å². The van der Waals surface area contributed by atoms with Crippen LogP contribution >= 0.6 is 0 Å². The number of hydrogen-bond donors (Lipinski definition) is 0. The summed E-state index contributed by atoms with van der Waals surface area (Å²) in [6.45, 7) is 23.3. The van der Waals surface area contributed by atoms with Gasteiger partial charge in [0.15, 0.2) is 0 Å². The van der Waals surface area contributed by atoms with Crippen molar-refractivity contribution >= 4 is 5.91 Å². The Balaban J connectivity index is 1.74. The molecule has 3 aromatic carbocycles. The monoisotopic (exact) mass is 513 g/mol. The normalized spacial score (nSPS) is 11.6. The number of nitrogens with zero attached hydrogens (tertiary/aromatic N) is 2. The van der Waals surface area contributed by atoms with Crippen LogP contribution in [0.2, 0.25) is 0 Å². The number of carbonyl (C=O) groups is 1. The standard InChI is InChI=1S/C35H49N2O/c1-9-37(10-2,25-33-20-28(5)16-29(6)21-33)14-12-11-13-36(24-32-18-26(3)15-27(4)19-32)35(38)34-22-30(7)17-31(8)23-34/h15-23H,9-14,24-25H2,1-8H3/q+1. The van der Waals surface area contributed by atoms with Gasteiger partial charge in [-0.1, -0.05) is 75.8 Å². The van der Waals surface area contributed by atoms with E-state index in [9.17, 15) is 4.79 Å². The third-order valence-corrected chi connectivity index (χ3v) is 7.86. The minimum absolute atomic E-state index is 0.137. The van der Waals surface area contributed by atoms with Gasteiger partial charge < -0.3 is 9.38 Å². The summed E-state index contributed by atoms with van der Waals surface area (Å²) in [4.78, 5) is 15.8. The molecule has 0 N–H and O–H groups in total. The van der Waals surface area contributed by atoms with Crippen molar-refractivity contribution in [2.45, 2.75) is 81.3 Å². The average Bonchev–Trinajstić information content (AvgIpc) is 2.83. The molecule has 0 saturated heterocycles. The van der Waals surface area contributed by atoms with Gasteiger partial charge in [-0.15, -0.1) is 0 Å². The summed E-state index contributed by atoms with van der Waals surface area (Å²) in [6.07, 6.45) is 2.12. The number of unbranched alkanes of at least 4 members (excludes halogenated alkanes) is 1. The first-order valence-corrected chi connectivity index (χ1v) is 14.4.